The number of halogens is 1. The van der Waals surface area contributed by atoms with E-state index in [-0.39, 0.29) is 17.5 Å². The lowest BCUT2D eigenvalue weighted by Gasteiger charge is -2.20. The van der Waals surface area contributed by atoms with Crippen LogP contribution in [0.1, 0.15) is 32.4 Å². The van der Waals surface area contributed by atoms with Gasteiger partial charge >= 0.3 is 0 Å². The number of hydrogen-bond donors (Lipinski definition) is 1. The van der Waals surface area contributed by atoms with Crippen molar-refractivity contribution in [2.24, 2.45) is 5.73 Å². The van der Waals surface area contributed by atoms with Crippen LogP contribution in [-0.4, -0.2) is 25.4 Å². The van der Waals surface area contributed by atoms with Gasteiger partial charge in [-0.15, -0.1) is 0 Å². The van der Waals surface area contributed by atoms with E-state index in [1.807, 2.05) is 20.8 Å². The zero-order valence-corrected chi connectivity index (χ0v) is 11.3. The molecule has 0 fully saturated rings. The summed E-state index contributed by atoms with van der Waals surface area (Å²) in [4.78, 5) is 0. The van der Waals surface area contributed by atoms with E-state index >= 15 is 0 Å². The van der Waals surface area contributed by atoms with Gasteiger partial charge in [0, 0.05) is 0 Å². The first-order chi connectivity index (χ1) is 8.38. The van der Waals surface area contributed by atoms with Crippen molar-refractivity contribution >= 4 is 0 Å². The molecule has 0 saturated heterocycles. The Morgan fingerprint density at radius 2 is 2.00 bits per heavy atom. The molecule has 102 valence electrons. The molecule has 0 spiro atoms. The minimum atomic E-state index is -0.310. The van der Waals surface area contributed by atoms with Gasteiger partial charge in [0.25, 0.3) is 0 Å². The molecular formula is C14H22FNO2. The van der Waals surface area contributed by atoms with Gasteiger partial charge in [0.2, 0.25) is 0 Å². The summed E-state index contributed by atoms with van der Waals surface area (Å²) in [5.41, 5.74) is 6.48. The Hall–Kier alpha value is -0.970. The molecule has 0 aliphatic heterocycles. The molecule has 0 saturated carbocycles. The summed E-state index contributed by atoms with van der Waals surface area (Å²) in [6, 6.07) is 5.96. The van der Waals surface area contributed by atoms with Crippen LogP contribution >= 0.6 is 0 Å². The first kappa shape index (κ1) is 15.1. The lowest BCUT2D eigenvalue weighted by Crippen LogP contribution is -2.23. The van der Waals surface area contributed by atoms with Gasteiger partial charge in [0.15, 0.2) is 0 Å². The molecule has 1 aromatic carbocycles. The van der Waals surface area contributed by atoms with E-state index in [0.717, 1.165) is 5.56 Å². The second-order valence-electron chi connectivity index (χ2n) is 5.20. The molecular weight excluding hydrogens is 233 g/mol. The molecule has 2 N–H and O–H groups in total. The summed E-state index contributed by atoms with van der Waals surface area (Å²) < 4.78 is 23.9. The lowest BCUT2D eigenvalue weighted by molar-refractivity contribution is -0.0363. The number of ether oxygens (including phenoxy) is 2. The fourth-order valence-corrected chi connectivity index (χ4v) is 1.45. The Morgan fingerprint density at radius 1 is 1.28 bits per heavy atom. The van der Waals surface area contributed by atoms with Gasteiger partial charge < -0.3 is 15.2 Å². The Kier molecular flexibility index (Phi) is 5.72. The summed E-state index contributed by atoms with van der Waals surface area (Å²) in [5, 5.41) is 0. The predicted octanol–water partition coefficient (Wildman–Crippen LogP) is 2.66. The first-order valence-electron chi connectivity index (χ1n) is 6.11. The van der Waals surface area contributed by atoms with Gasteiger partial charge in [0.1, 0.15) is 5.82 Å². The zero-order valence-electron chi connectivity index (χ0n) is 11.3. The van der Waals surface area contributed by atoms with Crippen LogP contribution in [0, 0.1) is 5.82 Å². The molecule has 0 aliphatic carbocycles. The van der Waals surface area contributed by atoms with Crippen molar-refractivity contribution in [3.05, 3.63) is 35.6 Å². The highest BCUT2D eigenvalue weighted by atomic mass is 19.1. The van der Waals surface area contributed by atoms with E-state index in [9.17, 15) is 4.39 Å². The highest BCUT2D eigenvalue weighted by Crippen LogP contribution is 2.12. The molecule has 1 atom stereocenters. The Bertz CT molecular complexity index is 363. The molecule has 3 nitrogen and oxygen atoms in total. The fourth-order valence-electron chi connectivity index (χ4n) is 1.45. The van der Waals surface area contributed by atoms with Gasteiger partial charge in [-0.1, -0.05) is 12.1 Å². The van der Waals surface area contributed by atoms with Crippen LogP contribution in [0.25, 0.3) is 0 Å². The third-order valence-electron chi connectivity index (χ3n) is 2.34. The van der Waals surface area contributed by atoms with Gasteiger partial charge in [-0.05, 0) is 38.5 Å². The molecule has 1 aromatic rings. The lowest BCUT2D eigenvalue weighted by atomic mass is 10.1. The van der Waals surface area contributed by atoms with Gasteiger partial charge in [0.05, 0.1) is 31.5 Å². The average Bonchev–Trinajstić information content (AvgIpc) is 2.26. The van der Waals surface area contributed by atoms with E-state index in [2.05, 4.69) is 0 Å². The molecule has 18 heavy (non-hydrogen) atoms. The van der Waals surface area contributed by atoms with Crippen molar-refractivity contribution in [1.29, 1.82) is 0 Å². The molecule has 4 heteroatoms. The van der Waals surface area contributed by atoms with Crippen LogP contribution in [0.15, 0.2) is 24.3 Å². The third-order valence-corrected chi connectivity index (χ3v) is 2.34. The maximum absolute atomic E-state index is 13.0. The second-order valence-corrected chi connectivity index (χ2v) is 5.20. The topological polar surface area (TPSA) is 44.5 Å². The normalized spacial score (nSPS) is 13.6. The molecule has 0 amide bonds. The maximum Gasteiger partial charge on any atom is 0.123 e. The maximum atomic E-state index is 13.0. The van der Waals surface area contributed by atoms with Crippen LogP contribution in [0.3, 0.4) is 0 Å². The van der Waals surface area contributed by atoms with Crippen molar-refractivity contribution in [2.75, 3.05) is 19.8 Å². The van der Waals surface area contributed by atoms with Crippen LogP contribution in [0.4, 0.5) is 4.39 Å². The SMILES string of the molecule is CC(C)(C)OCCOCC(N)c1cccc(F)c1. The van der Waals surface area contributed by atoms with Crippen LogP contribution < -0.4 is 5.73 Å². The van der Waals surface area contributed by atoms with Crippen molar-refractivity contribution < 1.29 is 13.9 Å². The molecule has 0 radical (unpaired) electrons. The summed E-state index contributed by atoms with van der Waals surface area (Å²) in [6.45, 7) is 7.35. The van der Waals surface area contributed by atoms with Crippen molar-refractivity contribution in [2.45, 2.75) is 32.4 Å². The highest BCUT2D eigenvalue weighted by molar-refractivity contribution is 5.19. The standard InChI is InChI=1S/C14H22FNO2/c1-14(2,3)18-8-7-17-10-13(16)11-5-4-6-12(15)9-11/h4-6,9,13H,7-8,10,16H2,1-3H3. The quantitative estimate of drug-likeness (QED) is 0.795. The Labute approximate surface area is 108 Å². The number of hydrogen-bond acceptors (Lipinski definition) is 3. The van der Waals surface area contributed by atoms with Gasteiger partial charge in [-0.25, -0.2) is 4.39 Å². The molecule has 0 aliphatic rings. The van der Waals surface area contributed by atoms with Crippen LogP contribution in [-0.2, 0) is 9.47 Å². The highest BCUT2D eigenvalue weighted by Gasteiger charge is 2.10. The van der Waals surface area contributed by atoms with Crippen LogP contribution in [0.2, 0.25) is 0 Å². The zero-order chi connectivity index (χ0) is 13.6. The van der Waals surface area contributed by atoms with E-state index in [1.54, 1.807) is 12.1 Å². The average molecular weight is 255 g/mol. The van der Waals surface area contributed by atoms with Gasteiger partial charge in [-0.3, -0.25) is 0 Å². The van der Waals surface area contributed by atoms with E-state index in [0.29, 0.717) is 19.8 Å². The van der Waals surface area contributed by atoms with Crippen molar-refractivity contribution in [3.63, 3.8) is 0 Å². The summed E-state index contributed by atoms with van der Waals surface area (Å²) in [6.07, 6.45) is 0. The van der Waals surface area contributed by atoms with Crippen LogP contribution in [0.5, 0.6) is 0 Å². The van der Waals surface area contributed by atoms with E-state index in [1.165, 1.54) is 12.1 Å². The minimum Gasteiger partial charge on any atom is -0.377 e. The molecule has 1 unspecified atom stereocenters. The number of benzene rings is 1. The fraction of sp³-hybridized carbons (Fsp3) is 0.571. The second kappa shape index (κ2) is 6.83. The molecule has 0 bridgehead atoms. The monoisotopic (exact) mass is 255 g/mol. The van der Waals surface area contributed by atoms with Gasteiger partial charge in [-0.2, -0.15) is 0 Å². The van der Waals surface area contributed by atoms with E-state index < -0.39 is 0 Å². The van der Waals surface area contributed by atoms with Crippen molar-refractivity contribution in [1.82, 2.24) is 0 Å². The summed E-state index contributed by atoms with van der Waals surface area (Å²) >= 11 is 0. The molecule has 0 aromatic heterocycles. The Balaban J connectivity index is 2.23. The predicted molar refractivity (Wildman–Crippen MR) is 69.9 cm³/mol. The minimum absolute atomic E-state index is 0.159. The summed E-state index contributed by atoms with van der Waals surface area (Å²) in [5.74, 6) is -0.279. The number of rotatable bonds is 6. The Morgan fingerprint density at radius 3 is 2.61 bits per heavy atom. The number of nitrogens with two attached hydrogens (primary N) is 1. The summed E-state index contributed by atoms with van der Waals surface area (Å²) in [7, 11) is 0. The first-order valence-corrected chi connectivity index (χ1v) is 6.11. The molecule has 0 heterocycles. The third kappa shape index (κ3) is 6.10. The largest absolute Gasteiger partial charge is 0.377 e. The van der Waals surface area contributed by atoms with Crippen molar-refractivity contribution in [3.8, 4) is 0 Å². The van der Waals surface area contributed by atoms with E-state index in [4.69, 9.17) is 15.2 Å². The smallest absolute Gasteiger partial charge is 0.123 e. The molecule has 1 rings (SSSR count).